The van der Waals surface area contributed by atoms with E-state index in [1.54, 1.807) is 24.3 Å². The third-order valence-electron chi connectivity index (χ3n) is 3.51. The first-order chi connectivity index (χ1) is 11.9. The number of para-hydroxylation sites is 1. The summed E-state index contributed by atoms with van der Waals surface area (Å²) in [6.45, 7) is 0.270. The zero-order valence-electron chi connectivity index (χ0n) is 13.6. The molecule has 0 saturated heterocycles. The first-order valence-corrected chi connectivity index (χ1v) is 9.50. The lowest BCUT2D eigenvalue weighted by atomic mass is 10.2. The predicted octanol–water partition coefficient (Wildman–Crippen LogP) is 2.54. The van der Waals surface area contributed by atoms with E-state index in [4.69, 9.17) is 0 Å². The van der Waals surface area contributed by atoms with Gasteiger partial charge in [0.25, 0.3) is 5.91 Å². The second-order valence-electron chi connectivity index (χ2n) is 5.65. The molecule has 2 N–H and O–H groups in total. The third-order valence-corrected chi connectivity index (χ3v) is 4.12. The van der Waals surface area contributed by atoms with Crippen molar-refractivity contribution in [3.63, 3.8) is 0 Å². The second kappa shape index (κ2) is 6.90. The number of pyridine rings is 1. The molecule has 7 heteroatoms. The average molecular weight is 355 g/mol. The maximum Gasteiger partial charge on any atom is 0.270 e. The number of aromatic nitrogens is 1. The van der Waals surface area contributed by atoms with E-state index in [9.17, 15) is 13.2 Å². The van der Waals surface area contributed by atoms with Crippen molar-refractivity contribution in [2.24, 2.45) is 0 Å². The quantitative estimate of drug-likeness (QED) is 0.736. The summed E-state index contributed by atoms with van der Waals surface area (Å²) in [7, 11) is -3.34. The first-order valence-electron chi connectivity index (χ1n) is 7.61. The molecule has 0 spiro atoms. The van der Waals surface area contributed by atoms with Gasteiger partial charge in [-0.25, -0.2) is 13.4 Å². The summed E-state index contributed by atoms with van der Waals surface area (Å²) in [4.78, 5) is 16.6. The Bertz CT molecular complexity index is 1030. The van der Waals surface area contributed by atoms with E-state index < -0.39 is 10.0 Å². The van der Waals surface area contributed by atoms with Gasteiger partial charge >= 0.3 is 0 Å². The molecule has 2 aromatic carbocycles. The maximum atomic E-state index is 12.3. The van der Waals surface area contributed by atoms with Crippen LogP contribution < -0.4 is 10.0 Å². The molecule has 128 valence electrons. The Morgan fingerprint density at radius 1 is 1.04 bits per heavy atom. The number of carbonyl (C=O) groups is 1. The largest absolute Gasteiger partial charge is 0.347 e. The van der Waals surface area contributed by atoms with Gasteiger partial charge in [-0.2, -0.15) is 0 Å². The number of fused-ring (bicyclic) bond motifs is 1. The van der Waals surface area contributed by atoms with Gasteiger partial charge in [-0.15, -0.1) is 0 Å². The minimum absolute atomic E-state index is 0.270. The molecule has 0 fully saturated rings. The van der Waals surface area contributed by atoms with E-state index in [-0.39, 0.29) is 12.5 Å². The topological polar surface area (TPSA) is 88.2 Å². The summed E-state index contributed by atoms with van der Waals surface area (Å²) in [6, 6.07) is 18.0. The predicted molar refractivity (Wildman–Crippen MR) is 97.8 cm³/mol. The smallest absolute Gasteiger partial charge is 0.270 e. The van der Waals surface area contributed by atoms with Crippen molar-refractivity contribution in [3.05, 3.63) is 71.9 Å². The van der Waals surface area contributed by atoms with Crippen LogP contribution in [0.4, 0.5) is 5.69 Å². The van der Waals surface area contributed by atoms with Crippen molar-refractivity contribution < 1.29 is 13.2 Å². The van der Waals surface area contributed by atoms with E-state index >= 15 is 0 Å². The van der Waals surface area contributed by atoms with E-state index in [1.807, 2.05) is 36.4 Å². The summed E-state index contributed by atoms with van der Waals surface area (Å²) >= 11 is 0. The number of rotatable bonds is 5. The Morgan fingerprint density at radius 3 is 2.64 bits per heavy atom. The average Bonchev–Trinajstić information content (AvgIpc) is 2.58. The summed E-state index contributed by atoms with van der Waals surface area (Å²) < 4.78 is 25.0. The minimum atomic E-state index is -3.34. The van der Waals surface area contributed by atoms with Gasteiger partial charge in [0.2, 0.25) is 10.0 Å². The van der Waals surface area contributed by atoms with Crippen LogP contribution in [0.5, 0.6) is 0 Å². The normalized spacial score (nSPS) is 11.2. The highest BCUT2D eigenvalue weighted by Gasteiger charge is 2.08. The molecule has 0 aliphatic heterocycles. The number of carbonyl (C=O) groups excluding carboxylic acids is 1. The molecule has 0 aliphatic carbocycles. The van der Waals surface area contributed by atoms with Crippen LogP contribution in [0.15, 0.2) is 60.7 Å². The monoisotopic (exact) mass is 355 g/mol. The molecular formula is C18H17N3O3S. The number of nitrogens with zero attached hydrogens (tertiary/aromatic N) is 1. The third kappa shape index (κ3) is 4.54. The zero-order valence-corrected chi connectivity index (χ0v) is 14.4. The maximum absolute atomic E-state index is 12.3. The summed E-state index contributed by atoms with van der Waals surface area (Å²) in [5.74, 6) is -0.285. The highest BCUT2D eigenvalue weighted by Crippen LogP contribution is 2.13. The molecule has 1 heterocycles. The van der Waals surface area contributed by atoms with Crippen molar-refractivity contribution in [1.82, 2.24) is 10.3 Å². The van der Waals surface area contributed by atoms with Gasteiger partial charge in [0.15, 0.2) is 0 Å². The number of hydrogen-bond donors (Lipinski definition) is 2. The Morgan fingerprint density at radius 2 is 1.84 bits per heavy atom. The molecule has 0 bridgehead atoms. The van der Waals surface area contributed by atoms with Crippen LogP contribution in [-0.2, 0) is 16.6 Å². The van der Waals surface area contributed by atoms with Crippen LogP contribution in [0.1, 0.15) is 16.1 Å². The highest BCUT2D eigenvalue weighted by molar-refractivity contribution is 7.92. The van der Waals surface area contributed by atoms with Gasteiger partial charge in [-0.05, 0) is 29.8 Å². The van der Waals surface area contributed by atoms with Crippen molar-refractivity contribution in [2.75, 3.05) is 11.0 Å². The second-order valence-corrected chi connectivity index (χ2v) is 7.39. The molecular weight excluding hydrogens is 338 g/mol. The molecule has 6 nitrogen and oxygen atoms in total. The van der Waals surface area contributed by atoms with Gasteiger partial charge in [0.05, 0.1) is 11.8 Å². The summed E-state index contributed by atoms with van der Waals surface area (Å²) in [5, 5.41) is 3.76. The number of sulfonamides is 1. The molecule has 1 amide bonds. The summed E-state index contributed by atoms with van der Waals surface area (Å²) in [6.07, 6.45) is 1.09. The number of nitrogens with one attached hydrogen (secondary N) is 2. The number of amides is 1. The molecule has 1 aromatic heterocycles. The van der Waals surface area contributed by atoms with E-state index in [0.29, 0.717) is 11.4 Å². The number of benzene rings is 2. The Kier molecular flexibility index (Phi) is 4.67. The fourth-order valence-corrected chi connectivity index (χ4v) is 2.98. The Labute approximate surface area is 146 Å². The first kappa shape index (κ1) is 16.9. The van der Waals surface area contributed by atoms with Crippen molar-refractivity contribution in [2.45, 2.75) is 6.54 Å². The molecule has 0 aliphatic rings. The molecule has 0 unspecified atom stereocenters. The van der Waals surface area contributed by atoms with E-state index in [2.05, 4.69) is 15.0 Å². The fraction of sp³-hybridized carbons (Fsp3) is 0.111. The fourth-order valence-electron chi connectivity index (χ4n) is 2.42. The van der Waals surface area contributed by atoms with Gasteiger partial charge in [-0.1, -0.05) is 36.4 Å². The van der Waals surface area contributed by atoms with Crippen LogP contribution >= 0.6 is 0 Å². The molecule has 0 radical (unpaired) electrons. The van der Waals surface area contributed by atoms with Crippen molar-refractivity contribution in [1.29, 1.82) is 0 Å². The molecule has 3 rings (SSSR count). The van der Waals surface area contributed by atoms with Gasteiger partial charge in [0.1, 0.15) is 5.69 Å². The zero-order chi connectivity index (χ0) is 17.9. The van der Waals surface area contributed by atoms with Gasteiger partial charge in [0, 0.05) is 17.6 Å². The molecule has 0 saturated carbocycles. The van der Waals surface area contributed by atoms with E-state index in [0.717, 1.165) is 22.7 Å². The van der Waals surface area contributed by atoms with Crippen LogP contribution in [-0.4, -0.2) is 25.6 Å². The number of anilines is 1. The standard InChI is InChI=1S/C18H17N3O3S/c1-25(23,24)21-15-7-4-5-13(11-15)12-19-18(22)17-10-9-14-6-2-3-8-16(14)20-17/h2-11,21H,12H2,1H3,(H,19,22). The molecule has 0 atom stereocenters. The van der Waals surface area contributed by atoms with Crippen LogP contribution in [0.25, 0.3) is 10.9 Å². The van der Waals surface area contributed by atoms with Crippen LogP contribution in [0.3, 0.4) is 0 Å². The SMILES string of the molecule is CS(=O)(=O)Nc1cccc(CNC(=O)c2ccc3ccccc3n2)c1. The van der Waals surface area contributed by atoms with Gasteiger partial charge < -0.3 is 5.32 Å². The lowest BCUT2D eigenvalue weighted by Gasteiger charge is -2.08. The minimum Gasteiger partial charge on any atom is -0.347 e. The van der Waals surface area contributed by atoms with Crippen LogP contribution in [0.2, 0.25) is 0 Å². The lowest BCUT2D eigenvalue weighted by molar-refractivity contribution is 0.0946. The highest BCUT2D eigenvalue weighted by atomic mass is 32.2. The number of hydrogen-bond acceptors (Lipinski definition) is 4. The van der Waals surface area contributed by atoms with E-state index in [1.165, 1.54) is 0 Å². The van der Waals surface area contributed by atoms with Crippen LogP contribution in [0, 0.1) is 0 Å². The lowest BCUT2D eigenvalue weighted by Crippen LogP contribution is -2.23. The van der Waals surface area contributed by atoms with Crippen molar-refractivity contribution >= 4 is 32.5 Å². The molecule has 25 heavy (non-hydrogen) atoms. The van der Waals surface area contributed by atoms with Gasteiger partial charge in [-0.3, -0.25) is 9.52 Å². The van der Waals surface area contributed by atoms with Crippen molar-refractivity contribution in [3.8, 4) is 0 Å². The Balaban J connectivity index is 1.70. The molecule has 3 aromatic rings. The summed E-state index contributed by atoms with van der Waals surface area (Å²) in [5.41, 5.74) is 2.33. The Hall–Kier alpha value is -2.93.